The lowest BCUT2D eigenvalue weighted by Crippen LogP contribution is -2.19. The molecule has 2 aromatic carbocycles. The molecule has 3 aromatic heterocycles. The van der Waals surface area contributed by atoms with Crippen LogP contribution < -0.4 is 19.3 Å². The van der Waals surface area contributed by atoms with Crippen LogP contribution in [0.15, 0.2) is 73.2 Å². The van der Waals surface area contributed by atoms with E-state index in [4.69, 9.17) is 19.4 Å². The molecule has 0 aliphatic rings. The van der Waals surface area contributed by atoms with Crippen LogP contribution in [0.4, 0.5) is 17.2 Å². The van der Waals surface area contributed by atoms with Crippen molar-refractivity contribution in [2.75, 3.05) is 38.1 Å². The highest BCUT2D eigenvalue weighted by molar-refractivity contribution is 5.82. The molecular formula is C28H29N7O2. The SMILES string of the molecule is COc1cc(OC)cc(N(Cc2cccc(N(C)C)n2)c2ccc3ncc(-c4cnn(C)c4)nc3c2)c1. The number of ether oxygens (including phenoxy) is 2. The Labute approximate surface area is 215 Å². The van der Waals surface area contributed by atoms with Gasteiger partial charge >= 0.3 is 0 Å². The van der Waals surface area contributed by atoms with E-state index in [1.165, 1.54) is 0 Å². The topological polar surface area (TPSA) is 81.4 Å². The minimum atomic E-state index is 0.527. The van der Waals surface area contributed by atoms with Crippen LogP contribution in [-0.4, -0.2) is 53.0 Å². The Morgan fingerprint density at radius 2 is 1.62 bits per heavy atom. The van der Waals surface area contributed by atoms with Gasteiger partial charge in [-0.2, -0.15) is 5.10 Å². The Morgan fingerprint density at radius 3 is 2.30 bits per heavy atom. The minimum Gasteiger partial charge on any atom is -0.497 e. The zero-order valence-electron chi connectivity index (χ0n) is 21.6. The average Bonchev–Trinajstić information content (AvgIpc) is 3.37. The molecule has 0 amide bonds. The number of fused-ring (bicyclic) bond motifs is 1. The molecule has 0 aliphatic heterocycles. The molecule has 188 valence electrons. The first-order chi connectivity index (χ1) is 17.9. The Hall–Kier alpha value is -4.66. The number of hydrogen-bond donors (Lipinski definition) is 0. The van der Waals surface area contributed by atoms with Crippen LogP contribution >= 0.6 is 0 Å². The summed E-state index contributed by atoms with van der Waals surface area (Å²) in [6.45, 7) is 0.527. The van der Waals surface area contributed by atoms with Crippen molar-refractivity contribution < 1.29 is 9.47 Å². The molecule has 5 aromatic rings. The van der Waals surface area contributed by atoms with E-state index in [-0.39, 0.29) is 0 Å². The maximum atomic E-state index is 5.56. The predicted molar refractivity (Wildman–Crippen MR) is 146 cm³/mol. The second-order valence-corrected chi connectivity index (χ2v) is 8.87. The van der Waals surface area contributed by atoms with Crippen molar-refractivity contribution in [1.29, 1.82) is 0 Å². The summed E-state index contributed by atoms with van der Waals surface area (Å²) in [5, 5.41) is 4.26. The van der Waals surface area contributed by atoms with Crippen molar-refractivity contribution in [3.05, 3.63) is 78.9 Å². The summed E-state index contributed by atoms with van der Waals surface area (Å²) in [5.74, 6) is 2.30. The highest BCUT2D eigenvalue weighted by atomic mass is 16.5. The number of rotatable bonds is 8. The predicted octanol–water partition coefficient (Wildman–Crippen LogP) is 4.85. The Bertz CT molecular complexity index is 1520. The number of aryl methyl sites for hydroxylation is 1. The Morgan fingerprint density at radius 1 is 0.838 bits per heavy atom. The molecule has 3 heterocycles. The maximum absolute atomic E-state index is 5.56. The number of benzene rings is 2. The minimum absolute atomic E-state index is 0.527. The zero-order valence-corrected chi connectivity index (χ0v) is 21.6. The first kappa shape index (κ1) is 24.1. The van der Waals surface area contributed by atoms with Crippen LogP contribution in [0.3, 0.4) is 0 Å². The van der Waals surface area contributed by atoms with Crippen molar-refractivity contribution >= 4 is 28.2 Å². The monoisotopic (exact) mass is 495 g/mol. The molecule has 0 radical (unpaired) electrons. The molecule has 0 bridgehead atoms. The van der Waals surface area contributed by atoms with Crippen LogP contribution in [0.1, 0.15) is 5.69 Å². The fourth-order valence-corrected chi connectivity index (χ4v) is 4.11. The van der Waals surface area contributed by atoms with E-state index in [1.54, 1.807) is 31.3 Å². The summed E-state index contributed by atoms with van der Waals surface area (Å²) in [5.41, 5.74) is 6.06. The van der Waals surface area contributed by atoms with Crippen LogP contribution in [0.5, 0.6) is 11.5 Å². The van der Waals surface area contributed by atoms with E-state index in [1.807, 2.05) is 86.8 Å². The van der Waals surface area contributed by atoms with Gasteiger partial charge in [0.05, 0.1) is 55.6 Å². The summed E-state index contributed by atoms with van der Waals surface area (Å²) in [4.78, 5) is 18.5. The van der Waals surface area contributed by atoms with Gasteiger partial charge in [-0.15, -0.1) is 0 Å². The summed E-state index contributed by atoms with van der Waals surface area (Å²) < 4.78 is 12.9. The number of hydrogen-bond acceptors (Lipinski definition) is 8. The van der Waals surface area contributed by atoms with Gasteiger partial charge < -0.3 is 19.3 Å². The van der Waals surface area contributed by atoms with Crippen molar-refractivity contribution in [1.82, 2.24) is 24.7 Å². The van der Waals surface area contributed by atoms with E-state index in [2.05, 4.69) is 15.0 Å². The van der Waals surface area contributed by atoms with E-state index in [0.29, 0.717) is 18.0 Å². The molecule has 0 saturated carbocycles. The van der Waals surface area contributed by atoms with Crippen LogP contribution in [-0.2, 0) is 13.6 Å². The van der Waals surface area contributed by atoms with Gasteiger partial charge in [0.15, 0.2) is 0 Å². The summed E-state index contributed by atoms with van der Waals surface area (Å²) >= 11 is 0. The molecule has 0 spiro atoms. The van der Waals surface area contributed by atoms with Gasteiger partial charge in [-0.25, -0.2) is 9.97 Å². The van der Waals surface area contributed by atoms with Gasteiger partial charge in [0.25, 0.3) is 0 Å². The lowest BCUT2D eigenvalue weighted by molar-refractivity contribution is 0.394. The average molecular weight is 496 g/mol. The van der Waals surface area contributed by atoms with Crippen LogP contribution in [0.25, 0.3) is 22.3 Å². The number of anilines is 3. The molecule has 0 N–H and O–H groups in total. The van der Waals surface area contributed by atoms with E-state index < -0.39 is 0 Å². The van der Waals surface area contributed by atoms with Gasteiger partial charge in [-0.1, -0.05) is 6.07 Å². The first-order valence-electron chi connectivity index (χ1n) is 11.8. The molecular weight excluding hydrogens is 466 g/mol. The van der Waals surface area contributed by atoms with Crippen molar-refractivity contribution in [2.24, 2.45) is 7.05 Å². The molecule has 5 rings (SSSR count). The molecule has 37 heavy (non-hydrogen) atoms. The smallest absolute Gasteiger partial charge is 0.128 e. The molecule has 0 aliphatic carbocycles. The Kier molecular flexibility index (Phi) is 6.59. The standard InChI is InChI=1S/C28H29N7O2/c1-33(2)28-8-6-7-20(31-28)18-35(22-11-23(36-4)14-24(12-22)37-5)21-9-10-25-26(13-21)32-27(16-29-25)19-15-30-34(3)17-19/h6-17H,18H2,1-5H3. The molecule has 0 atom stereocenters. The van der Waals surface area contributed by atoms with Crippen molar-refractivity contribution in [3.63, 3.8) is 0 Å². The van der Waals surface area contributed by atoms with Crippen molar-refractivity contribution in [2.45, 2.75) is 6.54 Å². The third-order valence-corrected chi connectivity index (χ3v) is 6.06. The van der Waals surface area contributed by atoms with E-state index in [0.717, 1.165) is 45.2 Å². The largest absolute Gasteiger partial charge is 0.497 e. The van der Waals surface area contributed by atoms with Gasteiger partial charge in [-0.05, 0) is 30.3 Å². The fourth-order valence-electron chi connectivity index (χ4n) is 4.11. The van der Waals surface area contributed by atoms with Gasteiger partial charge in [0.2, 0.25) is 0 Å². The number of pyridine rings is 1. The normalized spacial score (nSPS) is 10.9. The maximum Gasteiger partial charge on any atom is 0.128 e. The van der Waals surface area contributed by atoms with Gasteiger partial charge in [0, 0.05) is 62.5 Å². The Balaban J connectivity index is 1.62. The number of nitrogens with zero attached hydrogens (tertiary/aromatic N) is 7. The van der Waals surface area contributed by atoms with E-state index in [9.17, 15) is 0 Å². The molecule has 9 nitrogen and oxygen atoms in total. The fraction of sp³-hybridized carbons (Fsp3) is 0.214. The third kappa shape index (κ3) is 5.16. The zero-order chi connectivity index (χ0) is 25.9. The first-order valence-corrected chi connectivity index (χ1v) is 11.8. The van der Waals surface area contributed by atoms with Gasteiger partial charge in [-0.3, -0.25) is 9.67 Å². The quantitative estimate of drug-likeness (QED) is 0.302. The number of methoxy groups -OCH3 is 2. The molecule has 0 saturated heterocycles. The highest BCUT2D eigenvalue weighted by Crippen LogP contribution is 2.35. The summed E-state index contributed by atoms with van der Waals surface area (Å²) in [6, 6.07) is 17.9. The lowest BCUT2D eigenvalue weighted by Gasteiger charge is -2.26. The summed E-state index contributed by atoms with van der Waals surface area (Å²) in [6.07, 6.45) is 5.50. The highest BCUT2D eigenvalue weighted by Gasteiger charge is 2.16. The van der Waals surface area contributed by atoms with Crippen LogP contribution in [0, 0.1) is 0 Å². The number of aromatic nitrogens is 5. The van der Waals surface area contributed by atoms with E-state index >= 15 is 0 Å². The summed E-state index contributed by atoms with van der Waals surface area (Å²) in [7, 11) is 9.15. The molecule has 0 unspecified atom stereocenters. The van der Waals surface area contributed by atoms with Gasteiger partial charge in [0.1, 0.15) is 17.3 Å². The molecule has 0 fully saturated rings. The second kappa shape index (κ2) is 10.1. The van der Waals surface area contributed by atoms with Crippen LogP contribution in [0.2, 0.25) is 0 Å². The lowest BCUT2D eigenvalue weighted by atomic mass is 10.1. The third-order valence-electron chi connectivity index (χ3n) is 6.06. The molecule has 9 heteroatoms. The second-order valence-electron chi connectivity index (χ2n) is 8.87. The van der Waals surface area contributed by atoms with Crippen molar-refractivity contribution in [3.8, 4) is 22.8 Å².